The second-order valence-electron chi connectivity index (χ2n) is 2.83. The highest BCUT2D eigenvalue weighted by molar-refractivity contribution is 8.07. The third kappa shape index (κ3) is 4.33. The molecule has 6 heteroatoms. The van der Waals surface area contributed by atoms with E-state index in [2.05, 4.69) is 28.5 Å². The molecule has 0 unspecified atom stereocenters. The van der Waals surface area contributed by atoms with Crippen molar-refractivity contribution in [1.82, 2.24) is 4.72 Å². The van der Waals surface area contributed by atoms with Crippen molar-refractivity contribution in [3.8, 4) is 0 Å². The average molecular weight is 252 g/mol. The molecular weight excluding hydrogens is 240 g/mol. The van der Waals surface area contributed by atoms with Crippen LogP contribution in [0.3, 0.4) is 0 Å². The summed E-state index contributed by atoms with van der Waals surface area (Å²) in [5.74, 6) is 0.162. The van der Waals surface area contributed by atoms with Crippen molar-refractivity contribution in [2.75, 3.05) is 0 Å². The normalized spacial score (nSPS) is 10.9. The Labute approximate surface area is 104 Å². The van der Waals surface area contributed by atoms with Gasteiger partial charge in [-0.05, 0) is 29.7 Å². The van der Waals surface area contributed by atoms with Crippen LogP contribution in [-0.2, 0) is 0 Å². The molecule has 0 aromatic heterocycles. The van der Waals surface area contributed by atoms with Gasteiger partial charge in [0.1, 0.15) is 0 Å². The molecule has 1 aromatic rings. The first kappa shape index (κ1) is 12.5. The lowest BCUT2D eigenvalue weighted by Crippen LogP contribution is -2.28. The molecule has 0 atom stereocenters. The Morgan fingerprint density at radius 3 is 2.50 bits per heavy atom. The van der Waals surface area contributed by atoms with E-state index in [-0.39, 0.29) is 11.1 Å². The van der Waals surface area contributed by atoms with E-state index in [1.54, 1.807) is 0 Å². The van der Waals surface area contributed by atoms with Gasteiger partial charge in [0.25, 0.3) is 0 Å². The van der Waals surface area contributed by atoms with Crippen molar-refractivity contribution in [1.29, 1.82) is 0 Å². The molecule has 0 heterocycles. The van der Waals surface area contributed by atoms with Crippen molar-refractivity contribution >= 4 is 40.1 Å². The van der Waals surface area contributed by atoms with Gasteiger partial charge in [0.2, 0.25) is 5.96 Å². The van der Waals surface area contributed by atoms with Gasteiger partial charge in [0, 0.05) is 4.91 Å². The highest BCUT2D eigenvalue weighted by Crippen LogP contribution is 2.21. The van der Waals surface area contributed by atoms with Crippen LogP contribution in [0.5, 0.6) is 0 Å². The molecule has 4 nitrogen and oxygen atoms in total. The van der Waals surface area contributed by atoms with Crippen LogP contribution in [0.1, 0.15) is 5.56 Å². The molecule has 0 aliphatic carbocycles. The Morgan fingerprint density at radius 2 is 1.94 bits per heavy atom. The van der Waals surface area contributed by atoms with Crippen molar-refractivity contribution < 1.29 is 0 Å². The van der Waals surface area contributed by atoms with E-state index >= 15 is 0 Å². The van der Waals surface area contributed by atoms with E-state index in [0.717, 1.165) is 10.5 Å². The lowest BCUT2D eigenvalue weighted by atomic mass is 10.2. The number of benzene rings is 1. The van der Waals surface area contributed by atoms with Crippen LogP contribution < -0.4 is 16.2 Å². The molecule has 0 aliphatic rings. The van der Waals surface area contributed by atoms with E-state index in [0.29, 0.717) is 0 Å². The second kappa shape index (κ2) is 6.14. The minimum absolute atomic E-state index is 0.00377. The van der Waals surface area contributed by atoms with Crippen LogP contribution in [0, 0.1) is 0 Å². The molecule has 84 valence electrons. The molecule has 0 saturated heterocycles. The third-order valence-electron chi connectivity index (χ3n) is 1.61. The summed E-state index contributed by atoms with van der Waals surface area (Å²) < 4.78 is 2.79. The Bertz CT molecular complexity index is 414. The first-order valence-electron chi connectivity index (χ1n) is 4.40. The quantitative estimate of drug-likeness (QED) is 0.328. The van der Waals surface area contributed by atoms with Gasteiger partial charge in [-0.25, -0.2) is 0 Å². The summed E-state index contributed by atoms with van der Waals surface area (Å²) in [7, 11) is 0. The van der Waals surface area contributed by atoms with Crippen molar-refractivity contribution in [3.63, 3.8) is 0 Å². The topological polar surface area (TPSA) is 76.4 Å². The van der Waals surface area contributed by atoms with E-state index in [4.69, 9.17) is 11.5 Å². The predicted octanol–water partition coefficient (Wildman–Crippen LogP) is 1.45. The number of nitrogens with two attached hydrogens (primary N) is 2. The molecule has 0 fully saturated rings. The Balaban J connectivity index is 2.51. The summed E-state index contributed by atoms with van der Waals surface area (Å²) in [5.41, 5.74) is 11.7. The second-order valence-corrected chi connectivity index (χ2v) is 4.15. The number of guanidine groups is 1. The van der Waals surface area contributed by atoms with Gasteiger partial charge in [0.05, 0.1) is 0 Å². The van der Waals surface area contributed by atoms with E-state index in [9.17, 15) is 0 Å². The average Bonchev–Trinajstić information content (AvgIpc) is 2.26. The minimum atomic E-state index is -0.00377. The summed E-state index contributed by atoms with van der Waals surface area (Å²) in [6, 6.07) is 9.73. The number of nitrogens with zero attached hydrogens (tertiary/aromatic N) is 1. The van der Waals surface area contributed by atoms with Crippen LogP contribution in [0.25, 0.3) is 4.91 Å². The molecule has 0 spiro atoms. The maximum absolute atomic E-state index is 5.51. The van der Waals surface area contributed by atoms with Crippen LogP contribution in [-0.4, -0.2) is 11.1 Å². The summed E-state index contributed by atoms with van der Waals surface area (Å²) in [6.45, 7) is 3.90. The molecule has 1 aromatic carbocycles. The number of hydrogen-bond acceptors (Lipinski definition) is 2. The third-order valence-corrected chi connectivity index (χ3v) is 2.49. The Morgan fingerprint density at radius 1 is 1.31 bits per heavy atom. The number of thiocarbonyl (C=S) groups is 1. The highest BCUT2D eigenvalue weighted by atomic mass is 32.2. The molecule has 0 radical (unpaired) electrons. The zero-order valence-corrected chi connectivity index (χ0v) is 10.1. The van der Waals surface area contributed by atoms with Gasteiger partial charge in [-0.2, -0.15) is 4.99 Å². The monoisotopic (exact) mass is 252 g/mol. The summed E-state index contributed by atoms with van der Waals surface area (Å²) in [4.78, 5) is 4.51. The molecule has 0 aliphatic heterocycles. The summed E-state index contributed by atoms with van der Waals surface area (Å²) in [5, 5.41) is -0.00377. The standard InChI is InChI=1S/C10H12N4S2/c1-7(8-5-3-2-4-6-8)16-14-9(11)13-10(12)15/h2-6H,1H2,(H5,11,12,13,14,15). The van der Waals surface area contributed by atoms with Crippen molar-refractivity contribution in [2.24, 2.45) is 16.5 Å². The van der Waals surface area contributed by atoms with Gasteiger partial charge in [-0.3, -0.25) is 4.72 Å². The highest BCUT2D eigenvalue weighted by Gasteiger charge is 1.99. The number of nitrogens with one attached hydrogen (secondary N) is 1. The number of rotatable bonds is 3. The van der Waals surface area contributed by atoms with Gasteiger partial charge in [-0.1, -0.05) is 36.9 Å². The molecule has 0 bridgehead atoms. The molecular formula is C10H12N4S2. The number of hydrogen-bond donors (Lipinski definition) is 3. The zero-order chi connectivity index (χ0) is 12.0. The van der Waals surface area contributed by atoms with Gasteiger partial charge >= 0.3 is 0 Å². The van der Waals surface area contributed by atoms with E-state index < -0.39 is 0 Å². The minimum Gasteiger partial charge on any atom is -0.374 e. The van der Waals surface area contributed by atoms with Crippen LogP contribution in [0.4, 0.5) is 0 Å². The van der Waals surface area contributed by atoms with Crippen molar-refractivity contribution in [3.05, 3.63) is 42.5 Å². The lowest BCUT2D eigenvalue weighted by Gasteiger charge is -2.06. The molecule has 16 heavy (non-hydrogen) atoms. The summed E-state index contributed by atoms with van der Waals surface area (Å²) >= 11 is 5.85. The maximum atomic E-state index is 5.51. The van der Waals surface area contributed by atoms with E-state index in [1.165, 1.54) is 11.9 Å². The fraction of sp³-hybridized carbons (Fsp3) is 0. The Hall–Kier alpha value is -1.53. The first-order chi connectivity index (χ1) is 7.59. The maximum Gasteiger partial charge on any atom is 0.206 e. The fourth-order valence-electron chi connectivity index (χ4n) is 0.938. The number of aliphatic imine (C=N–C) groups is 1. The van der Waals surface area contributed by atoms with Gasteiger partial charge < -0.3 is 11.5 Å². The molecule has 0 amide bonds. The largest absolute Gasteiger partial charge is 0.374 e. The predicted molar refractivity (Wildman–Crippen MR) is 74.6 cm³/mol. The lowest BCUT2D eigenvalue weighted by molar-refractivity contribution is 1.39. The smallest absolute Gasteiger partial charge is 0.206 e. The fourth-order valence-corrected chi connectivity index (χ4v) is 1.56. The van der Waals surface area contributed by atoms with Crippen LogP contribution >= 0.6 is 24.2 Å². The Kier molecular flexibility index (Phi) is 4.81. The van der Waals surface area contributed by atoms with Crippen LogP contribution in [0.2, 0.25) is 0 Å². The zero-order valence-electron chi connectivity index (χ0n) is 8.51. The molecule has 1 rings (SSSR count). The van der Waals surface area contributed by atoms with Gasteiger partial charge in [0.15, 0.2) is 5.11 Å². The van der Waals surface area contributed by atoms with Crippen LogP contribution in [0.15, 0.2) is 41.9 Å². The molecule has 0 saturated carbocycles. The van der Waals surface area contributed by atoms with E-state index in [1.807, 2.05) is 30.3 Å². The molecule has 5 N–H and O–H groups in total. The van der Waals surface area contributed by atoms with Crippen molar-refractivity contribution in [2.45, 2.75) is 0 Å². The summed E-state index contributed by atoms with van der Waals surface area (Å²) in [6.07, 6.45) is 0. The van der Waals surface area contributed by atoms with Gasteiger partial charge in [-0.15, -0.1) is 0 Å². The SMILES string of the molecule is C=C(SN/C(N)=N\C(N)=S)c1ccccc1. The first-order valence-corrected chi connectivity index (χ1v) is 5.63.